The summed E-state index contributed by atoms with van der Waals surface area (Å²) >= 11 is 1.89. The fourth-order valence-electron chi connectivity index (χ4n) is 6.58. The predicted molar refractivity (Wildman–Crippen MR) is 187 cm³/mol. The maximum Gasteiger partial charge on any atom is 0.160 e. The Hall–Kier alpha value is -5.12. The topological polar surface area (TPSA) is 25.8 Å². The van der Waals surface area contributed by atoms with Gasteiger partial charge in [-0.1, -0.05) is 127 Å². The number of hydrogen-bond acceptors (Lipinski definition) is 3. The van der Waals surface area contributed by atoms with Crippen molar-refractivity contribution in [2.24, 2.45) is 0 Å². The molecule has 44 heavy (non-hydrogen) atoms. The number of fused-ring (bicyclic) bond motifs is 7. The van der Waals surface area contributed by atoms with Crippen LogP contribution in [-0.2, 0) is 0 Å². The minimum absolute atomic E-state index is 0.301. The highest BCUT2D eigenvalue weighted by molar-refractivity contribution is 7.25. The Morgan fingerprint density at radius 2 is 1.34 bits per heavy atom. The van der Waals surface area contributed by atoms with Crippen LogP contribution in [-0.4, -0.2) is 9.97 Å². The van der Waals surface area contributed by atoms with Crippen LogP contribution >= 0.6 is 11.3 Å². The minimum atomic E-state index is 0.301. The second kappa shape index (κ2) is 11.2. The van der Waals surface area contributed by atoms with Gasteiger partial charge in [-0.15, -0.1) is 11.3 Å². The van der Waals surface area contributed by atoms with Gasteiger partial charge in [0.15, 0.2) is 5.82 Å². The number of benzene rings is 5. The number of allylic oxidation sites excluding steroid dienone is 4. The van der Waals surface area contributed by atoms with Gasteiger partial charge in [0.2, 0.25) is 0 Å². The molecule has 3 heteroatoms. The van der Waals surface area contributed by atoms with Crippen molar-refractivity contribution in [3.63, 3.8) is 0 Å². The molecular weight excluding hydrogens is 553 g/mol. The van der Waals surface area contributed by atoms with Gasteiger partial charge < -0.3 is 0 Å². The van der Waals surface area contributed by atoms with E-state index in [0.29, 0.717) is 5.92 Å². The Kier molecular flexibility index (Phi) is 6.74. The summed E-state index contributed by atoms with van der Waals surface area (Å²) in [5.74, 6) is 1.04. The molecule has 210 valence electrons. The van der Waals surface area contributed by atoms with Gasteiger partial charge >= 0.3 is 0 Å². The molecule has 0 radical (unpaired) electrons. The van der Waals surface area contributed by atoms with Crippen molar-refractivity contribution in [2.45, 2.75) is 19.3 Å². The summed E-state index contributed by atoms with van der Waals surface area (Å²) in [6.07, 6.45) is 7.53. The van der Waals surface area contributed by atoms with E-state index in [2.05, 4.69) is 140 Å². The van der Waals surface area contributed by atoms with E-state index in [9.17, 15) is 0 Å². The van der Waals surface area contributed by atoms with E-state index >= 15 is 0 Å². The summed E-state index contributed by atoms with van der Waals surface area (Å²) < 4.78 is 2.71. The summed E-state index contributed by atoms with van der Waals surface area (Å²) in [7, 11) is 0. The lowest BCUT2D eigenvalue weighted by Gasteiger charge is -2.12. The third-order valence-corrected chi connectivity index (χ3v) is 9.80. The lowest BCUT2D eigenvalue weighted by atomic mass is 9.92. The summed E-state index contributed by atoms with van der Waals surface area (Å²) in [6, 6.07) is 45.3. The molecule has 2 nitrogen and oxygen atoms in total. The molecule has 0 aliphatic heterocycles. The molecule has 0 spiro atoms. The first-order chi connectivity index (χ1) is 21.8. The summed E-state index contributed by atoms with van der Waals surface area (Å²) in [5.41, 5.74) is 10.6. The summed E-state index contributed by atoms with van der Waals surface area (Å²) in [4.78, 5) is 10.1. The molecule has 1 aliphatic rings. The second-order valence-corrected chi connectivity index (χ2v) is 12.3. The highest BCUT2D eigenvalue weighted by atomic mass is 32.1. The molecule has 1 atom stereocenters. The van der Waals surface area contributed by atoms with Gasteiger partial charge in [0, 0.05) is 42.8 Å². The monoisotopic (exact) mass is 582 g/mol. The number of aromatic nitrogens is 2. The van der Waals surface area contributed by atoms with E-state index in [1.807, 2.05) is 23.5 Å². The first-order valence-corrected chi connectivity index (χ1v) is 16.0. The average molecular weight is 583 g/mol. The van der Waals surface area contributed by atoms with Gasteiger partial charge in [-0.2, -0.15) is 0 Å². The Balaban J connectivity index is 1.17. The van der Waals surface area contributed by atoms with Crippen molar-refractivity contribution in [1.29, 1.82) is 0 Å². The smallest absolute Gasteiger partial charge is 0.160 e. The molecule has 0 N–H and O–H groups in total. The van der Waals surface area contributed by atoms with Crippen LogP contribution in [0, 0.1) is 0 Å². The van der Waals surface area contributed by atoms with Crippen LogP contribution in [0.25, 0.3) is 59.4 Å². The zero-order chi connectivity index (χ0) is 29.5. The largest absolute Gasteiger partial charge is 0.228 e. The Bertz CT molecular complexity index is 2150. The zero-order valence-electron chi connectivity index (χ0n) is 24.4. The van der Waals surface area contributed by atoms with Crippen molar-refractivity contribution in [3.8, 4) is 33.6 Å². The lowest BCUT2D eigenvalue weighted by molar-refractivity contribution is 0.855. The van der Waals surface area contributed by atoms with Crippen LogP contribution in [0.2, 0.25) is 0 Å². The SMILES string of the molecule is CC=C(C=CCC1c2ccccc2-c2c1ccc1sc3ccccc3c21)c1nc(-c2ccccc2)cc(-c2ccccc2)n1. The molecule has 7 aromatic rings. The van der Waals surface area contributed by atoms with Crippen molar-refractivity contribution in [3.05, 3.63) is 163 Å². The third kappa shape index (κ3) is 4.57. The van der Waals surface area contributed by atoms with E-state index in [-0.39, 0.29) is 0 Å². The van der Waals surface area contributed by atoms with Crippen molar-refractivity contribution in [2.75, 3.05) is 0 Å². The van der Waals surface area contributed by atoms with Gasteiger partial charge in [-0.25, -0.2) is 9.97 Å². The van der Waals surface area contributed by atoms with Crippen LogP contribution in [0.1, 0.15) is 36.2 Å². The van der Waals surface area contributed by atoms with Crippen molar-refractivity contribution < 1.29 is 0 Å². The molecule has 8 rings (SSSR count). The van der Waals surface area contributed by atoms with Crippen LogP contribution in [0.3, 0.4) is 0 Å². The third-order valence-electron chi connectivity index (χ3n) is 8.66. The molecule has 2 heterocycles. The number of nitrogens with zero attached hydrogens (tertiary/aromatic N) is 2. The van der Waals surface area contributed by atoms with Crippen molar-refractivity contribution in [1.82, 2.24) is 9.97 Å². The fraction of sp³-hybridized carbons (Fsp3) is 0.0732. The molecule has 2 aromatic heterocycles. The molecule has 5 aromatic carbocycles. The minimum Gasteiger partial charge on any atom is -0.228 e. The number of hydrogen-bond donors (Lipinski definition) is 0. The van der Waals surface area contributed by atoms with Gasteiger partial charge in [-0.3, -0.25) is 0 Å². The molecule has 1 unspecified atom stereocenters. The molecule has 0 saturated heterocycles. The summed E-state index contributed by atoms with van der Waals surface area (Å²) in [6.45, 7) is 2.07. The van der Waals surface area contributed by atoms with Crippen LogP contribution in [0.15, 0.2) is 146 Å². The van der Waals surface area contributed by atoms with E-state index in [0.717, 1.165) is 40.3 Å². The number of thiophene rings is 1. The zero-order valence-corrected chi connectivity index (χ0v) is 25.3. The van der Waals surface area contributed by atoms with E-state index < -0.39 is 0 Å². The maximum atomic E-state index is 5.05. The van der Waals surface area contributed by atoms with Crippen LogP contribution in [0.5, 0.6) is 0 Å². The molecule has 1 aliphatic carbocycles. The van der Waals surface area contributed by atoms with E-state index in [1.165, 1.54) is 42.4 Å². The standard InChI is InChI=1S/C41H30N2S/c1-2-27(41-42-35(28-14-5-3-6-15-28)26-36(43-41)29-16-7-4-8-17-29)18-13-22-31-30-19-9-10-20-32(30)39-33(31)24-25-38-40(39)34-21-11-12-23-37(34)44-38/h2-21,23-26,31H,22H2,1H3. The molecular formula is C41H30N2S. The summed E-state index contributed by atoms with van der Waals surface area (Å²) in [5, 5.41) is 2.76. The normalized spacial score (nSPS) is 14.4. The van der Waals surface area contributed by atoms with Gasteiger partial charge in [0.1, 0.15) is 0 Å². The molecule has 0 bridgehead atoms. The van der Waals surface area contributed by atoms with Crippen LogP contribution < -0.4 is 0 Å². The quantitative estimate of drug-likeness (QED) is 0.182. The van der Waals surface area contributed by atoms with Gasteiger partial charge in [0.05, 0.1) is 11.4 Å². The Labute approximate surface area is 261 Å². The van der Waals surface area contributed by atoms with Gasteiger partial charge in [0.25, 0.3) is 0 Å². The van der Waals surface area contributed by atoms with E-state index in [1.54, 1.807) is 0 Å². The molecule has 0 saturated carbocycles. The number of rotatable bonds is 6. The van der Waals surface area contributed by atoms with Crippen LogP contribution in [0.4, 0.5) is 0 Å². The average Bonchev–Trinajstić information content (AvgIpc) is 3.63. The highest BCUT2D eigenvalue weighted by Crippen LogP contribution is 2.52. The second-order valence-electron chi connectivity index (χ2n) is 11.2. The van der Waals surface area contributed by atoms with E-state index in [4.69, 9.17) is 9.97 Å². The first kappa shape index (κ1) is 26.5. The lowest BCUT2D eigenvalue weighted by Crippen LogP contribution is -1.99. The van der Waals surface area contributed by atoms with Gasteiger partial charge in [-0.05, 0) is 53.8 Å². The maximum absolute atomic E-state index is 5.05. The molecule has 0 fully saturated rings. The predicted octanol–water partition coefficient (Wildman–Crippen LogP) is 11.3. The fourth-order valence-corrected chi connectivity index (χ4v) is 7.70. The Morgan fingerprint density at radius 3 is 2.07 bits per heavy atom. The Morgan fingerprint density at radius 1 is 0.682 bits per heavy atom. The first-order valence-electron chi connectivity index (χ1n) is 15.1. The van der Waals surface area contributed by atoms with Crippen molar-refractivity contribution >= 4 is 37.1 Å². The molecule has 0 amide bonds. The highest BCUT2D eigenvalue weighted by Gasteiger charge is 2.30.